The van der Waals surface area contributed by atoms with Crippen molar-refractivity contribution < 1.29 is 17.6 Å². The summed E-state index contributed by atoms with van der Waals surface area (Å²) >= 11 is 5.37. The third-order valence-corrected chi connectivity index (χ3v) is 1.89. The van der Waals surface area contributed by atoms with Gasteiger partial charge >= 0.3 is 6.18 Å². The smallest absolute Gasteiger partial charge is 0.316 e. The topological polar surface area (TPSA) is 26.0 Å². The fourth-order valence-electron chi connectivity index (χ4n) is 0.930. The second kappa shape index (κ2) is 3.74. The number of hydrogen-bond donors (Lipinski definition) is 1. The monoisotopic (exact) mass is 227 g/mol. The number of hydrogen-bond acceptors (Lipinski definition) is 1. The SMILES string of the molecule is N[C@@H](c1ccc(Cl)cc1F)C(F)(F)F. The van der Waals surface area contributed by atoms with E-state index in [1.165, 1.54) is 0 Å². The molecule has 1 aromatic rings. The Bertz CT molecular complexity index is 337. The Kier molecular flexibility index (Phi) is 3.01. The molecule has 2 N–H and O–H groups in total. The highest BCUT2D eigenvalue weighted by Gasteiger charge is 2.39. The zero-order valence-electron chi connectivity index (χ0n) is 6.78. The molecule has 0 heterocycles. The van der Waals surface area contributed by atoms with Crippen LogP contribution in [0.4, 0.5) is 17.6 Å². The highest BCUT2D eigenvalue weighted by Crippen LogP contribution is 2.32. The second-order valence-electron chi connectivity index (χ2n) is 2.69. The molecule has 1 rings (SSSR count). The van der Waals surface area contributed by atoms with Crippen molar-refractivity contribution in [3.05, 3.63) is 34.6 Å². The van der Waals surface area contributed by atoms with Gasteiger partial charge in [-0.05, 0) is 12.1 Å². The molecule has 0 aliphatic rings. The molecule has 0 aliphatic heterocycles. The van der Waals surface area contributed by atoms with E-state index in [0.29, 0.717) is 0 Å². The first-order valence-electron chi connectivity index (χ1n) is 3.59. The van der Waals surface area contributed by atoms with Crippen LogP contribution in [0.15, 0.2) is 18.2 Å². The van der Waals surface area contributed by atoms with Gasteiger partial charge in [0.25, 0.3) is 0 Å². The summed E-state index contributed by atoms with van der Waals surface area (Å²) in [6.07, 6.45) is -4.66. The van der Waals surface area contributed by atoms with Gasteiger partial charge < -0.3 is 5.73 Å². The minimum Gasteiger partial charge on any atom is -0.316 e. The number of nitrogens with two attached hydrogens (primary N) is 1. The van der Waals surface area contributed by atoms with Crippen LogP contribution < -0.4 is 5.73 Å². The molecule has 0 bridgehead atoms. The average Bonchev–Trinajstić information content (AvgIpc) is 2.01. The van der Waals surface area contributed by atoms with E-state index < -0.39 is 23.6 Å². The lowest BCUT2D eigenvalue weighted by atomic mass is 10.1. The summed E-state index contributed by atoms with van der Waals surface area (Å²) in [6, 6.07) is 0.559. The third kappa shape index (κ3) is 2.36. The quantitative estimate of drug-likeness (QED) is 0.734. The van der Waals surface area contributed by atoms with Crippen molar-refractivity contribution in [2.45, 2.75) is 12.2 Å². The lowest BCUT2D eigenvalue weighted by Crippen LogP contribution is -2.29. The summed E-state index contributed by atoms with van der Waals surface area (Å²) in [5, 5.41) is 0.0284. The van der Waals surface area contributed by atoms with E-state index >= 15 is 0 Å². The van der Waals surface area contributed by atoms with Crippen LogP contribution in [0.25, 0.3) is 0 Å². The molecule has 14 heavy (non-hydrogen) atoms. The maximum Gasteiger partial charge on any atom is 0.407 e. The van der Waals surface area contributed by atoms with Crippen molar-refractivity contribution in [2.24, 2.45) is 5.73 Å². The first-order chi connectivity index (χ1) is 6.32. The highest BCUT2D eigenvalue weighted by atomic mass is 35.5. The average molecular weight is 228 g/mol. The number of benzene rings is 1. The molecule has 0 aliphatic carbocycles. The van der Waals surface area contributed by atoms with E-state index in [0.717, 1.165) is 18.2 Å². The summed E-state index contributed by atoms with van der Waals surface area (Å²) in [6.45, 7) is 0. The molecule has 0 saturated heterocycles. The predicted octanol–water partition coefficient (Wildman–Crippen LogP) is 3.04. The van der Waals surface area contributed by atoms with Crippen LogP contribution in [0.2, 0.25) is 5.02 Å². The van der Waals surface area contributed by atoms with Gasteiger partial charge in [-0.15, -0.1) is 0 Å². The van der Waals surface area contributed by atoms with E-state index in [4.69, 9.17) is 17.3 Å². The number of halogens is 5. The Hall–Kier alpha value is -0.810. The molecule has 0 spiro atoms. The van der Waals surface area contributed by atoms with E-state index in [2.05, 4.69) is 0 Å². The number of rotatable bonds is 1. The van der Waals surface area contributed by atoms with Gasteiger partial charge in [-0.25, -0.2) is 4.39 Å². The fraction of sp³-hybridized carbons (Fsp3) is 0.250. The van der Waals surface area contributed by atoms with Gasteiger partial charge in [0, 0.05) is 10.6 Å². The third-order valence-electron chi connectivity index (χ3n) is 1.65. The van der Waals surface area contributed by atoms with Gasteiger partial charge in [0.15, 0.2) is 0 Å². The van der Waals surface area contributed by atoms with Crippen LogP contribution in [0, 0.1) is 5.82 Å². The Labute approximate surface area is 82.5 Å². The van der Waals surface area contributed by atoms with Gasteiger partial charge in [0.05, 0.1) is 0 Å². The molecule has 0 saturated carbocycles. The van der Waals surface area contributed by atoms with Crippen molar-refractivity contribution in [2.75, 3.05) is 0 Å². The van der Waals surface area contributed by atoms with Gasteiger partial charge in [-0.1, -0.05) is 17.7 Å². The zero-order chi connectivity index (χ0) is 10.9. The van der Waals surface area contributed by atoms with E-state index in [1.807, 2.05) is 0 Å². The predicted molar refractivity (Wildman–Crippen MR) is 44.4 cm³/mol. The maximum absolute atomic E-state index is 13.0. The lowest BCUT2D eigenvalue weighted by Gasteiger charge is -2.16. The molecule has 0 fully saturated rings. The van der Waals surface area contributed by atoms with Crippen LogP contribution in [-0.2, 0) is 0 Å². The first kappa shape index (κ1) is 11.3. The van der Waals surface area contributed by atoms with Gasteiger partial charge in [-0.2, -0.15) is 13.2 Å². The molecule has 0 unspecified atom stereocenters. The Balaban J connectivity index is 3.08. The Morgan fingerprint density at radius 3 is 2.29 bits per heavy atom. The van der Waals surface area contributed by atoms with E-state index in [-0.39, 0.29) is 5.02 Å². The van der Waals surface area contributed by atoms with Crippen LogP contribution in [0.3, 0.4) is 0 Å². The second-order valence-corrected chi connectivity index (χ2v) is 3.12. The van der Waals surface area contributed by atoms with Crippen molar-refractivity contribution in [1.29, 1.82) is 0 Å². The van der Waals surface area contributed by atoms with Gasteiger partial charge in [-0.3, -0.25) is 0 Å². The van der Waals surface area contributed by atoms with Crippen molar-refractivity contribution >= 4 is 11.6 Å². The Morgan fingerprint density at radius 1 is 1.29 bits per heavy atom. The highest BCUT2D eigenvalue weighted by molar-refractivity contribution is 6.30. The first-order valence-corrected chi connectivity index (χ1v) is 3.97. The minimum absolute atomic E-state index is 0.0284. The zero-order valence-corrected chi connectivity index (χ0v) is 7.53. The molecule has 0 aromatic heterocycles. The van der Waals surface area contributed by atoms with Gasteiger partial charge in [0.2, 0.25) is 0 Å². The molecular formula is C8H6ClF4N. The van der Waals surface area contributed by atoms with Gasteiger partial charge in [0.1, 0.15) is 11.9 Å². The number of alkyl halides is 3. The van der Waals surface area contributed by atoms with E-state index in [1.54, 1.807) is 0 Å². The normalized spacial score (nSPS) is 14.1. The molecular weight excluding hydrogens is 222 g/mol. The maximum atomic E-state index is 13.0. The van der Waals surface area contributed by atoms with Crippen molar-refractivity contribution in [3.63, 3.8) is 0 Å². The Morgan fingerprint density at radius 2 is 1.86 bits per heavy atom. The summed E-state index contributed by atoms with van der Waals surface area (Å²) in [5.41, 5.74) is 4.21. The molecule has 1 nitrogen and oxygen atoms in total. The fourth-order valence-corrected chi connectivity index (χ4v) is 1.09. The molecule has 78 valence electrons. The van der Waals surface area contributed by atoms with Crippen LogP contribution in [-0.4, -0.2) is 6.18 Å². The summed E-state index contributed by atoms with van der Waals surface area (Å²) in [4.78, 5) is 0. The van der Waals surface area contributed by atoms with Crippen LogP contribution >= 0.6 is 11.6 Å². The molecule has 1 aromatic carbocycles. The molecule has 0 amide bonds. The standard InChI is InChI=1S/C8H6ClF4N/c9-4-1-2-5(6(10)3-4)7(14)8(11,12)13/h1-3,7H,14H2/t7-/m0/s1. The van der Waals surface area contributed by atoms with Crippen molar-refractivity contribution in [3.8, 4) is 0 Å². The van der Waals surface area contributed by atoms with E-state index in [9.17, 15) is 17.6 Å². The summed E-state index contributed by atoms with van der Waals surface area (Å²) in [7, 11) is 0. The van der Waals surface area contributed by atoms with Crippen molar-refractivity contribution in [1.82, 2.24) is 0 Å². The molecule has 6 heteroatoms. The molecule has 0 radical (unpaired) electrons. The largest absolute Gasteiger partial charge is 0.407 e. The summed E-state index contributed by atoms with van der Waals surface area (Å²) in [5.74, 6) is -1.05. The summed E-state index contributed by atoms with van der Waals surface area (Å²) < 4.78 is 49.2. The lowest BCUT2D eigenvalue weighted by molar-refractivity contribution is -0.149. The molecule has 1 atom stereocenters. The van der Waals surface area contributed by atoms with Crippen LogP contribution in [0.5, 0.6) is 0 Å². The minimum atomic E-state index is -4.66. The van der Waals surface area contributed by atoms with Crippen LogP contribution in [0.1, 0.15) is 11.6 Å².